The fourth-order valence-corrected chi connectivity index (χ4v) is 4.07. The second-order valence-electron chi connectivity index (χ2n) is 8.28. The van der Waals surface area contributed by atoms with Crippen molar-refractivity contribution in [2.24, 2.45) is 5.92 Å². The van der Waals surface area contributed by atoms with E-state index in [9.17, 15) is 14.4 Å². The number of carboxylic acid groups (broad SMARTS) is 1. The number of amides is 2. The summed E-state index contributed by atoms with van der Waals surface area (Å²) in [7, 11) is 0. The number of carbonyl (C=O) groups excluding carboxylic acids is 2. The molecule has 0 saturated carbocycles. The van der Waals surface area contributed by atoms with Crippen LogP contribution in [-0.2, 0) is 14.3 Å². The quantitative estimate of drug-likeness (QED) is 0.427. The van der Waals surface area contributed by atoms with Crippen LogP contribution in [-0.4, -0.2) is 42.8 Å². The number of alkyl carbamates (subject to hydrolysis) is 1. The van der Waals surface area contributed by atoms with Crippen molar-refractivity contribution in [3.05, 3.63) is 83.9 Å². The van der Waals surface area contributed by atoms with Crippen LogP contribution in [0.2, 0.25) is 0 Å². The zero-order valence-electron chi connectivity index (χ0n) is 19.2. The largest absolute Gasteiger partial charge is 0.480 e. The number of anilines is 1. The summed E-state index contributed by atoms with van der Waals surface area (Å²) in [6, 6.07) is 22.7. The zero-order valence-corrected chi connectivity index (χ0v) is 19.2. The van der Waals surface area contributed by atoms with E-state index in [1.807, 2.05) is 36.4 Å². The number of hydrogen-bond acceptors (Lipinski definition) is 5. The molecule has 8 heteroatoms. The van der Waals surface area contributed by atoms with E-state index in [-0.39, 0.29) is 30.7 Å². The zero-order chi connectivity index (χ0) is 24.8. The van der Waals surface area contributed by atoms with Gasteiger partial charge in [0.25, 0.3) is 0 Å². The molecule has 0 aliphatic heterocycles. The smallest absolute Gasteiger partial charge is 0.407 e. The molecule has 0 radical (unpaired) electrons. The first-order valence-corrected chi connectivity index (χ1v) is 11.3. The summed E-state index contributed by atoms with van der Waals surface area (Å²) in [5, 5.41) is 14.2. The molecule has 8 nitrogen and oxygen atoms in total. The Morgan fingerprint density at radius 3 is 2.17 bits per heavy atom. The van der Waals surface area contributed by atoms with Gasteiger partial charge in [-0.15, -0.1) is 0 Å². The highest BCUT2D eigenvalue weighted by atomic mass is 16.5. The predicted octanol–water partition coefficient (Wildman–Crippen LogP) is 4.26. The average molecular weight is 475 g/mol. The maximum Gasteiger partial charge on any atom is 0.407 e. The van der Waals surface area contributed by atoms with Crippen LogP contribution >= 0.6 is 0 Å². The molecule has 4 rings (SSSR count). The summed E-state index contributed by atoms with van der Waals surface area (Å²) in [5.41, 5.74) is 4.90. The number of nitrogens with one attached hydrogen (secondary N) is 2. The topological polar surface area (TPSA) is 114 Å². The van der Waals surface area contributed by atoms with Crippen LogP contribution in [0.1, 0.15) is 24.0 Å². The first-order valence-electron chi connectivity index (χ1n) is 11.3. The minimum absolute atomic E-state index is 0.0452. The molecule has 0 aromatic heterocycles. The van der Waals surface area contributed by atoms with Crippen molar-refractivity contribution in [1.82, 2.24) is 5.32 Å². The number of ether oxygens (including phenoxy) is 2. The van der Waals surface area contributed by atoms with Gasteiger partial charge >= 0.3 is 12.1 Å². The Hall–Kier alpha value is -4.33. The van der Waals surface area contributed by atoms with Gasteiger partial charge in [-0.25, -0.2) is 9.59 Å². The normalized spacial score (nSPS) is 12.7. The van der Waals surface area contributed by atoms with E-state index in [0.717, 1.165) is 22.3 Å². The molecular weight excluding hydrogens is 448 g/mol. The molecule has 35 heavy (non-hydrogen) atoms. The highest BCUT2D eigenvalue weighted by Gasteiger charge is 2.29. The summed E-state index contributed by atoms with van der Waals surface area (Å²) >= 11 is 0. The molecule has 3 aromatic carbocycles. The van der Waals surface area contributed by atoms with Crippen molar-refractivity contribution in [3.8, 4) is 16.9 Å². The van der Waals surface area contributed by atoms with Gasteiger partial charge in [-0.3, -0.25) is 4.79 Å². The van der Waals surface area contributed by atoms with E-state index >= 15 is 0 Å². The van der Waals surface area contributed by atoms with Gasteiger partial charge in [0.2, 0.25) is 5.91 Å². The predicted molar refractivity (Wildman–Crippen MR) is 130 cm³/mol. The summed E-state index contributed by atoms with van der Waals surface area (Å²) in [6.07, 6.45) is -0.600. The molecule has 0 saturated heterocycles. The number of carboxylic acids is 1. The van der Waals surface area contributed by atoms with Gasteiger partial charge in [0.15, 0.2) is 6.61 Å². The SMILES string of the molecule is CC(CNC(=O)OCC1c2ccccc2-c2ccccc21)C(=O)Nc1ccccc1OCC(=O)O. The fraction of sp³-hybridized carbons (Fsp3) is 0.222. The van der Waals surface area contributed by atoms with E-state index in [1.54, 1.807) is 31.2 Å². The lowest BCUT2D eigenvalue weighted by Gasteiger charge is -2.17. The van der Waals surface area contributed by atoms with E-state index in [1.165, 1.54) is 0 Å². The third-order valence-corrected chi connectivity index (χ3v) is 5.84. The van der Waals surface area contributed by atoms with E-state index < -0.39 is 24.6 Å². The number of para-hydroxylation sites is 2. The van der Waals surface area contributed by atoms with E-state index in [0.29, 0.717) is 5.69 Å². The van der Waals surface area contributed by atoms with Crippen molar-refractivity contribution in [1.29, 1.82) is 0 Å². The van der Waals surface area contributed by atoms with Gasteiger partial charge in [0.05, 0.1) is 11.6 Å². The molecule has 3 N–H and O–H groups in total. The second kappa shape index (κ2) is 10.7. The Labute approximate surface area is 202 Å². The summed E-state index contributed by atoms with van der Waals surface area (Å²) in [4.78, 5) is 35.7. The molecule has 1 aliphatic carbocycles. The van der Waals surface area contributed by atoms with Crippen LogP contribution < -0.4 is 15.4 Å². The fourth-order valence-electron chi connectivity index (χ4n) is 4.07. The van der Waals surface area contributed by atoms with Crippen LogP contribution in [0.4, 0.5) is 10.5 Å². The molecular formula is C27H26N2O6. The molecule has 0 spiro atoms. The Kier molecular flexibility index (Phi) is 7.30. The van der Waals surface area contributed by atoms with Gasteiger partial charge in [-0.1, -0.05) is 67.6 Å². The lowest BCUT2D eigenvalue weighted by molar-refractivity contribution is -0.139. The van der Waals surface area contributed by atoms with E-state index in [2.05, 4.69) is 22.8 Å². The summed E-state index contributed by atoms with van der Waals surface area (Å²) in [5.74, 6) is -1.83. The molecule has 1 aliphatic rings. The van der Waals surface area contributed by atoms with Crippen molar-refractivity contribution in [3.63, 3.8) is 0 Å². The van der Waals surface area contributed by atoms with Crippen molar-refractivity contribution < 1.29 is 29.0 Å². The highest BCUT2D eigenvalue weighted by molar-refractivity contribution is 5.94. The van der Waals surface area contributed by atoms with Crippen LogP contribution in [0.3, 0.4) is 0 Å². The van der Waals surface area contributed by atoms with Gasteiger partial charge in [0, 0.05) is 12.5 Å². The van der Waals surface area contributed by atoms with Gasteiger partial charge in [-0.2, -0.15) is 0 Å². The maximum absolute atomic E-state index is 12.6. The molecule has 0 heterocycles. The lowest BCUT2D eigenvalue weighted by Crippen LogP contribution is -2.35. The molecule has 1 atom stereocenters. The molecule has 0 bridgehead atoms. The van der Waals surface area contributed by atoms with Crippen LogP contribution in [0.5, 0.6) is 5.75 Å². The average Bonchev–Trinajstić information content (AvgIpc) is 3.19. The van der Waals surface area contributed by atoms with Gasteiger partial charge in [0.1, 0.15) is 12.4 Å². The summed E-state index contributed by atoms with van der Waals surface area (Å²) < 4.78 is 10.7. The van der Waals surface area contributed by atoms with Crippen molar-refractivity contribution in [2.45, 2.75) is 12.8 Å². The Balaban J connectivity index is 1.29. The number of carbonyl (C=O) groups is 3. The standard InChI is InChI=1S/C27H26N2O6/c1-17(26(32)29-23-12-6-7-13-24(23)34-16-25(30)31)14-28-27(33)35-15-22-20-10-4-2-8-18(20)19-9-3-5-11-21(19)22/h2-13,17,22H,14-16H2,1H3,(H,28,33)(H,29,32)(H,30,31). The molecule has 2 amide bonds. The van der Waals surface area contributed by atoms with Crippen LogP contribution in [0, 0.1) is 5.92 Å². The van der Waals surface area contributed by atoms with Crippen molar-refractivity contribution in [2.75, 3.05) is 25.1 Å². The first kappa shape index (κ1) is 23.8. The Morgan fingerprint density at radius 2 is 1.51 bits per heavy atom. The molecule has 180 valence electrons. The van der Waals surface area contributed by atoms with Crippen LogP contribution in [0.25, 0.3) is 11.1 Å². The monoisotopic (exact) mass is 474 g/mol. The number of rotatable bonds is 9. The van der Waals surface area contributed by atoms with Gasteiger partial charge in [-0.05, 0) is 34.4 Å². The molecule has 0 fully saturated rings. The highest BCUT2D eigenvalue weighted by Crippen LogP contribution is 2.44. The number of fused-ring (bicyclic) bond motifs is 3. The summed E-state index contributed by atoms with van der Waals surface area (Å²) in [6.45, 7) is 1.40. The van der Waals surface area contributed by atoms with Crippen LogP contribution in [0.15, 0.2) is 72.8 Å². The Morgan fingerprint density at radius 1 is 0.914 bits per heavy atom. The van der Waals surface area contributed by atoms with Crippen molar-refractivity contribution >= 4 is 23.7 Å². The second-order valence-corrected chi connectivity index (χ2v) is 8.28. The van der Waals surface area contributed by atoms with E-state index in [4.69, 9.17) is 14.6 Å². The minimum Gasteiger partial charge on any atom is -0.480 e. The molecule has 3 aromatic rings. The Bertz CT molecular complexity index is 1200. The number of aliphatic carboxylic acids is 1. The maximum atomic E-state index is 12.6. The first-order chi connectivity index (χ1) is 16.9. The molecule has 1 unspecified atom stereocenters. The van der Waals surface area contributed by atoms with Gasteiger partial charge < -0.3 is 25.2 Å². The lowest BCUT2D eigenvalue weighted by atomic mass is 9.98. The third-order valence-electron chi connectivity index (χ3n) is 5.84. The third kappa shape index (κ3) is 5.60. The number of hydrogen-bond donors (Lipinski definition) is 3. The minimum atomic E-state index is -1.12. The number of benzene rings is 3.